The predicted octanol–water partition coefficient (Wildman–Crippen LogP) is 6.53. The molecule has 7 rings (SSSR count). The Morgan fingerprint density at radius 2 is 1.66 bits per heavy atom. The Kier molecular flexibility index (Phi) is 6.50. The second kappa shape index (κ2) is 10.4. The maximum Gasteiger partial charge on any atom is 0.270 e. The van der Waals surface area contributed by atoms with Crippen molar-refractivity contribution in [2.24, 2.45) is 5.92 Å². The molecule has 4 aromatic rings. The third-order valence-corrected chi connectivity index (χ3v) is 9.24. The Balaban J connectivity index is 1.50. The lowest BCUT2D eigenvalue weighted by molar-refractivity contribution is -0.384. The molecule has 4 atom stereocenters. The fourth-order valence-corrected chi connectivity index (χ4v) is 7.42. The Bertz CT molecular complexity index is 1880. The van der Waals surface area contributed by atoms with Crippen LogP contribution in [0.1, 0.15) is 62.4 Å². The summed E-state index contributed by atoms with van der Waals surface area (Å²) in [7, 11) is 0. The van der Waals surface area contributed by atoms with Crippen LogP contribution in [0.5, 0.6) is 0 Å². The van der Waals surface area contributed by atoms with Crippen LogP contribution in [0.4, 0.5) is 11.4 Å². The van der Waals surface area contributed by atoms with Gasteiger partial charge in [-0.15, -0.1) is 0 Å². The first kappa shape index (κ1) is 27.5. The van der Waals surface area contributed by atoms with E-state index in [1.165, 1.54) is 24.3 Å². The topological polar surface area (TPSA) is 110 Å². The number of non-ortho nitro benzene ring substituents is 1. The van der Waals surface area contributed by atoms with Gasteiger partial charge < -0.3 is 10.2 Å². The molecule has 3 aliphatic rings. The van der Waals surface area contributed by atoms with Crippen molar-refractivity contribution in [2.45, 2.75) is 37.3 Å². The Morgan fingerprint density at radius 3 is 2.43 bits per heavy atom. The van der Waals surface area contributed by atoms with Crippen molar-refractivity contribution in [3.8, 4) is 0 Å². The lowest BCUT2D eigenvalue weighted by Gasteiger charge is -2.38. The van der Waals surface area contributed by atoms with Crippen LogP contribution in [0.15, 0.2) is 103 Å². The molecule has 8 heteroatoms. The number of hydrogen-bond donors (Lipinski definition) is 1. The summed E-state index contributed by atoms with van der Waals surface area (Å²) in [6.07, 6.45) is 5.50. The molecule has 0 aliphatic carbocycles. The zero-order valence-electron chi connectivity index (χ0n) is 24.0. The fourth-order valence-electron chi connectivity index (χ4n) is 7.42. The molecule has 3 aliphatic heterocycles. The van der Waals surface area contributed by atoms with E-state index < -0.39 is 34.1 Å². The number of Topliss-reactive ketones (excluding diaryl/α,β-unsaturated/α-hetero) is 2. The number of ketones is 2. The molecule has 1 N–H and O–H groups in total. The standard InChI is InChI=1S/C36H29N3O5/c1-2-8-22-15-17-24(18-16-22)32(40)30-31(33(41)25-10-7-11-26(21-25)39(43)44)38-20-19-23-9-3-4-12-27(23)34(38)36(30)28-13-5-6-14-29(28)37-35(36)42/h3-7,9-21,30-31,34H,2,8H2,1H3,(H,37,42)/t30-,31+,34-,36-/m0/s1. The van der Waals surface area contributed by atoms with Crippen molar-refractivity contribution in [1.82, 2.24) is 4.90 Å². The summed E-state index contributed by atoms with van der Waals surface area (Å²) in [4.78, 5) is 57.0. The predicted molar refractivity (Wildman–Crippen MR) is 166 cm³/mol. The van der Waals surface area contributed by atoms with Crippen molar-refractivity contribution in [1.29, 1.82) is 0 Å². The van der Waals surface area contributed by atoms with Crippen LogP contribution in [0.3, 0.4) is 0 Å². The number of nitrogens with one attached hydrogen (secondary N) is 1. The molecule has 44 heavy (non-hydrogen) atoms. The number of aryl methyl sites for hydroxylation is 1. The van der Waals surface area contributed by atoms with E-state index in [0.717, 1.165) is 29.5 Å². The highest BCUT2D eigenvalue weighted by Crippen LogP contribution is 2.62. The first-order valence-corrected chi connectivity index (χ1v) is 14.7. The van der Waals surface area contributed by atoms with Gasteiger partial charge in [-0.05, 0) is 40.8 Å². The third kappa shape index (κ3) is 3.94. The zero-order valence-corrected chi connectivity index (χ0v) is 24.0. The van der Waals surface area contributed by atoms with E-state index in [1.54, 1.807) is 18.3 Å². The third-order valence-electron chi connectivity index (χ3n) is 9.24. The van der Waals surface area contributed by atoms with Gasteiger partial charge in [0.05, 0.1) is 16.9 Å². The summed E-state index contributed by atoms with van der Waals surface area (Å²) in [5.74, 6) is -2.29. The van der Waals surface area contributed by atoms with Crippen molar-refractivity contribution < 1.29 is 19.3 Å². The van der Waals surface area contributed by atoms with Crippen LogP contribution in [-0.2, 0) is 16.6 Å². The number of fused-ring (bicyclic) bond motifs is 6. The molecule has 218 valence electrons. The van der Waals surface area contributed by atoms with Crippen molar-refractivity contribution in [3.63, 3.8) is 0 Å². The van der Waals surface area contributed by atoms with E-state index in [9.17, 15) is 24.5 Å². The second-order valence-corrected chi connectivity index (χ2v) is 11.6. The molecule has 1 fully saturated rings. The molecule has 0 bridgehead atoms. The normalized spacial score (nSPS) is 22.7. The number of nitro groups is 1. The number of hydrogen-bond acceptors (Lipinski definition) is 6. The smallest absolute Gasteiger partial charge is 0.270 e. The largest absolute Gasteiger partial charge is 0.358 e. The van der Waals surface area contributed by atoms with Crippen LogP contribution in [0, 0.1) is 16.0 Å². The number of carbonyl (C=O) groups excluding carboxylic acids is 3. The van der Waals surface area contributed by atoms with Gasteiger partial charge in [0.15, 0.2) is 11.6 Å². The highest BCUT2D eigenvalue weighted by atomic mass is 16.6. The highest BCUT2D eigenvalue weighted by Gasteiger charge is 2.70. The van der Waals surface area contributed by atoms with E-state index in [4.69, 9.17) is 0 Å². The van der Waals surface area contributed by atoms with Crippen molar-refractivity contribution >= 4 is 34.9 Å². The molecule has 0 radical (unpaired) electrons. The lowest BCUT2D eigenvalue weighted by Crippen LogP contribution is -2.49. The second-order valence-electron chi connectivity index (χ2n) is 11.6. The van der Waals surface area contributed by atoms with E-state index in [0.29, 0.717) is 16.8 Å². The number of anilines is 1. The maximum atomic E-state index is 14.9. The Hall–Kier alpha value is -5.37. The first-order chi connectivity index (χ1) is 21.4. The highest BCUT2D eigenvalue weighted by molar-refractivity contribution is 6.16. The minimum atomic E-state index is -1.46. The molecule has 0 unspecified atom stereocenters. The first-order valence-electron chi connectivity index (χ1n) is 14.7. The summed E-state index contributed by atoms with van der Waals surface area (Å²) >= 11 is 0. The van der Waals surface area contributed by atoms with Gasteiger partial charge >= 0.3 is 0 Å². The van der Waals surface area contributed by atoms with E-state index in [2.05, 4.69) is 12.2 Å². The number of carbonyl (C=O) groups is 3. The number of para-hydroxylation sites is 1. The average Bonchev–Trinajstić information content (AvgIpc) is 3.53. The molecular formula is C36H29N3O5. The minimum Gasteiger partial charge on any atom is -0.358 e. The molecule has 1 saturated heterocycles. The van der Waals surface area contributed by atoms with Gasteiger partial charge in [0.2, 0.25) is 5.91 Å². The maximum absolute atomic E-state index is 14.9. The van der Waals surface area contributed by atoms with Crippen LogP contribution >= 0.6 is 0 Å². The Morgan fingerprint density at radius 1 is 0.909 bits per heavy atom. The van der Waals surface area contributed by atoms with E-state index in [-0.39, 0.29) is 22.9 Å². The number of nitro benzene ring substituents is 1. The summed E-state index contributed by atoms with van der Waals surface area (Å²) in [5.41, 5.74) is 2.89. The molecule has 4 aromatic carbocycles. The summed E-state index contributed by atoms with van der Waals surface area (Å²) in [5, 5.41) is 14.7. The summed E-state index contributed by atoms with van der Waals surface area (Å²) in [6.45, 7) is 2.09. The van der Waals surface area contributed by atoms with Gasteiger partial charge in [0.25, 0.3) is 5.69 Å². The lowest BCUT2D eigenvalue weighted by atomic mass is 9.62. The van der Waals surface area contributed by atoms with Crippen molar-refractivity contribution in [3.05, 3.63) is 147 Å². The molecule has 8 nitrogen and oxygen atoms in total. The molecule has 3 heterocycles. The van der Waals surface area contributed by atoms with Crippen LogP contribution in [0.25, 0.3) is 6.08 Å². The summed E-state index contributed by atoms with van der Waals surface area (Å²) < 4.78 is 0. The van der Waals surface area contributed by atoms with Gasteiger partial charge in [-0.25, -0.2) is 0 Å². The number of benzene rings is 4. The molecule has 1 amide bonds. The molecule has 0 aromatic heterocycles. The minimum absolute atomic E-state index is 0.107. The van der Waals surface area contributed by atoms with Gasteiger partial charge in [0.1, 0.15) is 11.5 Å². The molecule has 0 saturated carbocycles. The van der Waals surface area contributed by atoms with E-state index in [1.807, 2.05) is 71.6 Å². The SMILES string of the molecule is CCCc1ccc(C(=O)[C@@H]2[C@H](C(=O)c3cccc([N+](=O)[O-])c3)N3C=Cc4ccccc4[C@H]3[C@@]23C(=O)Nc2ccccc23)cc1. The quantitative estimate of drug-likeness (QED) is 0.151. The Labute approximate surface area is 254 Å². The zero-order chi connectivity index (χ0) is 30.6. The number of nitrogens with zero attached hydrogens (tertiary/aromatic N) is 2. The summed E-state index contributed by atoms with van der Waals surface area (Å²) in [6, 6.07) is 26.2. The molecular weight excluding hydrogens is 554 g/mol. The van der Waals surface area contributed by atoms with Crippen molar-refractivity contribution in [2.75, 3.05) is 5.32 Å². The van der Waals surface area contributed by atoms with Gasteiger partial charge in [-0.1, -0.05) is 92.2 Å². The molecule has 1 spiro atoms. The number of amides is 1. The number of rotatable bonds is 7. The van der Waals surface area contributed by atoms with Crippen LogP contribution < -0.4 is 5.32 Å². The van der Waals surface area contributed by atoms with Gasteiger partial charge in [0, 0.05) is 35.1 Å². The van der Waals surface area contributed by atoms with Gasteiger partial charge in [-0.3, -0.25) is 24.5 Å². The van der Waals surface area contributed by atoms with Crippen LogP contribution in [-0.4, -0.2) is 33.3 Å². The fraction of sp³-hybridized carbons (Fsp3) is 0.194. The van der Waals surface area contributed by atoms with Gasteiger partial charge in [-0.2, -0.15) is 0 Å². The average molecular weight is 584 g/mol. The van der Waals surface area contributed by atoms with Crippen LogP contribution in [0.2, 0.25) is 0 Å². The monoisotopic (exact) mass is 583 g/mol. The van der Waals surface area contributed by atoms with E-state index >= 15 is 0 Å².